The first-order valence-electron chi connectivity index (χ1n) is 4.54. The van der Waals surface area contributed by atoms with Gasteiger partial charge < -0.3 is 4.52 Å². The summed E-state index contributed by atoms with van der Waals surface area (Å²) in [5, 5.41) is 0. The normalized spacial score (nSPS) is 11.1. The van der Waals surface area contributed by atoms with E-state index in [-0.39, 0.29) is 10.3 Å². The van der Waals surface area contributed by atoms with Crippen LogP contribution in [0.1, 0.15) is 5.56 Å². The maximum Gasteiger partial charge on any atom is 0.529 e. The van der Waals surface area contributed by atoms with E-state index in [1.54, 1.807) is 24.3 Å². The van der Waals surface area contributed by atoms with Crippen molar-refractivity contribution in [2.45, 2.75) is 0 Å². The van der Waals surface area contributed by atoms with E-state index in [0.29, 0.717) is 5.56 Å². The molecule has 0 fully saturated rings. The molecule has 0 saturated carbocycles. The Bertz CT molecular complexity index is 435. The Kier molecular flexibility index (Phi) is 5.50. The Morgan fingerprint density at radius 2 is 1.65 bits per heavy atom. The van der Waals surface area contributed by atoms with Crippen LogP contribution in [0.25, 0.3) is 5.76 Å². The van der Waals surface area contributed by atoms with Crippen LogP contribution >= 0.6 is 31.0 Å². The molecule has 0 saturated heterocycles. The molecule has 1 aromatic carbocycles. The van der Waals surface area contributed by atoms with Crippen molar-refractivity contribution in [2.24, 2.45) is 0 Å². The minimum atomic E-state index is -3.68. The molecule has 0 aliphatic carbocycles. The number of benzene rings is 1. The van der Waals surface area contributed by atoms with E-state index >= 15 is 0 Å². The van der Waals surface area contributed by atoms with Crippen molar-refractivity contribution >= 4 is 36.8 Å². The monoisotopic (exact) mass is 296 g/mol. The summed E-state index contributed by atoms with van der Waals surface area (Å²) in [6.07, 6.45) is 0. The zero-order chi connectivity index (χ0) is 12.9. The lowest BCUT2D eigenvalue weighted by Gasteiger charge is -2.16. The van der Waals surface area contributed by atoms with Crippen molar-refractivity contribution in [3.05, 3.63) is 40.4 Å². The van der Waals surface area contributed by atoms with Crippen LogP contribution in [0.4, 0.5) is 0 Å². The summed E-state index contributed by atoms with van der Waals surface area (Å²) in [6, 6.07) is 8.75. The molecule has 0 N–H and O–H groups in total. The molecule has 0 unspecified atom stereocenters. The lowest BCUT2D eigenvalue weighted by Crippen LogP contribution is -1.96. The van der Waals surface area contributed by atoms with Crippen LogP contribution in [-0.2, 0) is 18.1 Å². The van der Waals surface area contributed by atoms with Gasteiger partial charge in [0.2, 0.25) is 0 Å². The summed E-state index contributed by atoms with van der Waals surface area (Å²) >= 11 is 11.4. The molecule has 1 rings (SSSR count). The van der Waals surface area contributed by atoms with E-state index in [9.17, 15) is 4.57 Å². The van der Waals surface area contributed by atoms with E-state index in [2.05, 4.69) is 9.05 Å². The predicted octanol–water partition coefficient (Wildman–Crippen LogP) is 4.21. The zero-order valence-electron chi connectivity index (χ0n) is 9.22. The molecule has 0 atom stereocenters. The Hall–Kier alpha value is -0.510. The highest BCUT2D eigenvalue weighted by atomic mass is 35.5. The van der Waals surface area contributed by atoms with E-state index in [1.165, 1.54) is 14.2 Å². The van der Waals surface area contributed by atoms with Gasteiger partial charge in [-0.3, -0.25) is 9.05 Å². The zero-order valence-corrected chi connectivity index (χ0v) is 11.6. The second-order valence-electron chi connectivity index (χ2n) is 2.86. The van der Waals surface area contributed by atoms with E-state index in [0.717, 1.165) is 0 Å². The first-order chi connectivity index (χ1) is 8.02. The highest BCUT2D eigenvalue weighted by Gasteiger charge is 2.27. The molecule has 0 spiro atoms. The van der Waals surface area contributed by atoms with Gasteiger partial charge in [-0.1, -0.05) is 53.5 Å². The van der Waals surface area contributed by atoms with Gasteiger partial charge in [-0.25, -0.2) is 4.57 Å². The number of phosphoric ester groups is 1. The van der Waals surface area contributed by atoms with Crippen molar-refractivity contribution in [3.8, 4) is 0 Å². The summed E-state index contributed by atoms with van der Waals surface area (Å²) in [5.41, 5.74) is 0.571. The summed E-state index contributed by atoms with van der Waals surface area (Å²) in [7, 11) is -1.28. The fourth-order valence-corrected chi connectivity index (χ4v) is 2.17. The lowest BCUT2D eigenvalue weighted by atomic mass is 10.2. The summed E-state index contributed by atoms with van der Waals surface area (Å²) in [5.74, 6) is 0.0426. The third kappa shape index (κ3) is 4.02. The van der Waals surface area contributed by atoms with Gasteiger partial charge in [0.15, 0.2) is 5.76 Å². The van der Waals surface area contributed by atoms with E-state index < -0.39 is 7.82 Å². The smallest absolute Gasteiger partial charge is 0.401 e. The third-order valence-electron chi connectivity index (χ3n) is 1.86. The molecule has 0 radical (unpaired) electrons. The van der Waals surface area contributed by atoms with Crippen molar-refractivity contribution in [3.63, 3.8) is 0 Å². The highest BCUT2D eigenvalue weighted by Crippen LogP contribution is 2.52. The van der Waals surface area contributed by atoms with Crippen LogP contribution in [0.5, 0.6) is 0 Å². The summed E-state index contributed by atoms with van der Waals surface area (Å²) < 4.78 is 26.1. The molecule has 0 aromatic heterocycles. The topological polar surface area (TPSA) is 44.8 Å². The standard InChI is InChI=1S/C10H11Cl2O4P/c1-14-17(13,15-2)16-9(10(11)12)8-6-4-3-5-7-8/h3-7H,1-2H3. The van der Waals surface area contributed by atoms with Gasteiger partial charge in [0.25, 0.3) is 0 Å². The maximum absolute atomic E-state index is 11.8. The fourth-order valence-electron chi connectivity index (χ4n) is 1.05. The molecule has 0 heterocycles. The largest absolute Gasteiger partial charge is 0.529 e. The number of hydrogen-bond donors (Lipinski definition) is 0. The summed E-state index contributed by atoms with van der Waals surface area (Å²) in [4.78, 5) is 0. The molecule has 1 aromatic rings. The quantitative estimate of drug-likeness (QED) is 0.603. The van der Waals surface area contributed by atoms with Crippen LogP contribution in [0.3, 0.4) is 0 Å². The van der Waals surface area contributed by atoms with Crippen molar-refractivity contribution < 1.29 is 18.1 Å². The van der Waals surface area contributed by atoms with Gasteiger partial charge in [-0.15, -0.1) is 0 Å². The highest BCUT2D eigenvalue weighted by molar-refractivity contribution is 7.48. The van der Waals surface area contributed by atoms with Gasteiger partial charge in [0.05, 0.1) is 0 Å². The van der Waals surface area contributed by atoms with Crippen molar-refractivity contribution in [2.75, 3.05) is 14.2 Å². The molecule has 7 heteroatoms. The number of phosphoric acid groups is 1. The minimum Gasteiger partial charge on any atom is -0.401 e. The molecule has 0 aliphatic heterocycles. The van der Waals surface area contributed by atoms with Crippen LogP contribution in [0.15, 0.2) is 34.8 Å². The average Bonchev–Trinajstić information content (AvgIpc) is 2.36. The Labute approximate surface area is 110 Å². The number of rotatable bonds is 5. The molecule has 0 bridgehead atoms. The van der Waals surface area contributed by atoms with Gasteiger partial charge in [0, 0.05) is 19.8 Å². The Morgan fingerprint density at radius 3 is 2.06 bits per heavy atom. The third-order valence-corrected chi connectivity index (χ3v) is 3.50. The predicted molar refractivity (Wildman–Crippen MR) is 67.8 cm³/mol. The van der Waals surface area contributed by atoms with Gasteiger partial charge in [0.1, 0.15) is 4.49 Å². The second-order valence-corrected chi connectivity index (χ2v) is 5.62. The van der Waals surface area contributed by atoms with Gasteiger partial charge in [-0.2, -0.15) is 0 Å². The Morgan fingerprint density at radius 1 is 1.12 bits per heavy atom. The first kappa shape index (κ1) is 14.6. The second kappa shape index (κ2) is 6.43. The molecular weight excluding hydrogens is 286 g/mol. The van der Waals surface area contributed by atoms with Crippen LogP contribution in [0.2, 0.25) is 0 Å². The number of hydrogen-bond acceptors (Lipinski definition) is 4. The molecular formula is C10H11Cl2O4P. The number of halogens is 2. The molecule has 0 aliphatic rings. The molecule has 0 amide bonds. The first-order valence-corrected chi connectivity index (χ1v) is 6.76. The van der Waals surface area contributed by atoms with E-state index in [4.69, 9.17) is 27.7 Å². The minimum absolute atomic E-state index is 0.0426. The summed E-state index contributed by atoms with van der Waals surface area (Å²) in [6.45, 7) is 0. The molecule has 17 heavy (non-hydrogen) atoms. The van der Waals surface area contributed by atoms with E-state index in [1.807, 2.05) is 6.07 Å². The Balaban J connectivity index is 3.07. The average molecular weight is 297 g/mol. The van der Waals surface area contributed by atoms with Gasteiger partial charge in [-0.05, 0) is 0 Å². The SMILES string of the molecule is COP(=O)(OC)OC(=C(Cl)Cl)c1ccccc1. The van der Waals surface area contributed by atoms with Crippen LogP contribution in [-0.4, -0.2) is 14.2 Å². The van der Waals surface area contributed by atoms with Crippen molar-refractivity contribution in [1.82, 2.24) is 0 Å². The van der Waals surface area contributed by atoms with Crippen LogP contribution in [0, 0.1) is 0 Å². The van der Waals surface area contributed by atoms with Crippen LogP contribution < -0.4 is 0 Å². The van der Waals surface area contributed by atoms with Gasteiger partial charge >= 0.3 is 7.82 Å². The lowest BCUT2D eigenvalue weighted by molar-refractivity contribution is 0.201. The maximum atomic E-state index is 11.8. The fraction of sp³-hybridized carbons (Fsp3) is 0.200. The molecule has 94 valence electrons. The molecule has 4 nitrogen and oxygen atoms in total. The van der Waals surface area contributed by atoms with Crippen molar-refractivity contribution in [1.29, 1.82) is 0 Å².